The van der Waals surface area contributed by atoms with Gasteiger partial charge in [0.25, 0.3) is 0 Å². The van der Waals surface area contributed by atoms with Gasteiger partial charge in [0.15, 0.2) is 0 Å². The van der Waals surface area contributed by atoms with Crippen molar-refractivity contribution in [3.05, 3.63) is 12.2 Å². The number of carbonyl (C=O) groups is 2. The number of hydrogen-bond acceptors (Lipinski definition) is 4. The number of methoxy groups -OCH3 is 1. The Morgan fingerprint density at radius 1 is 1.47 bits per heavy atom. The van der Waals surface area contributed by atoms with Crippen molar-refractivity contribution in [2.75, 3.05) is 7.11 Å². The molecule has 0 aromatic rings. The summed E-state index contributed by atoms with van der Waals surface area (Å²) in [7, 11) is 1.38. The summed E-state index contributed by atoms with van der Waals surface area (Å²) in [5.74, 6) is -0.232. The van der Waals surface area contributed by atoms with E-state index >= 15 is 0 Å². The monoisotopic (exact) mass is 212 g/mol. The minimum absolute atomic E-state index is 0.0212. The number of esters is 1. The highest BCUT2D eigenvalue weighted by Gasteiger charge is 2.26. The maximum atomic E-state index is 11.0. The first kappa shape index (κ1) is 11.9. The molecular weight excluding hydrogens is 196 g/mol. The van der Waals surface area contributed by atoms with Crippen LogP contribution in [0.25, 0.3) is 0 Å². The number of allylic oxidation sites excluding steroid dienone is 1. The molecule has 0 aromatic carbocycles. The molecule has 0 amide bonds. The molecule has 15 heavy (non-hydrogen) atoms. The highest BCUT2D eigenvalue weighted by molar-refractivity contribution is 5.69. The van der Waals surface area contributed by atoms with Crippen LogP contribution in [-0.2, 0) is 19.1 Å². The number of hydrogen-bond donors (Lipinski definition) is 0. The van der Waals surface area contributed by atoms with E-state index < -0.39 is 0 Å². The molecule has 0 aliphatic carbocycles. The van der Waals surface area contributed by atoms with Crippen molar-refractivity contribution in [1.82, 2.24) is 0 Å². The summed E-state index contributed by atoms with van der Waals surface area (Å²) in [6.45, 7) is 0. The van der Waals surface area contributed by atoms with Crippen LogP contribution in [0.1, 0.15) is 25.7 Å². The lowest BCUT2D eigenvalue weighted by molar-refractivity contribution is -0.143. The van der Waals surface area contributed by atoms with E-state index in [0.717, 1.165) is 25.5 Å². The molecule has 1 fully saturated rings. The molecule has 0 unspecified atom stereocenters. The second-order valence-electron chi connectivity index (χ2n) is 3.54. The van der Waals surface area contributed by atoms with Gasteiger partial charge in [-0.1, -0.05) is 6.08 Å². The zero-order valence-corrected chi connectivity index (χ0v) is 8.85. The second kappa shape index (κ2) is 6.35. The summed E-state index contributed by atoms with van der Waals surface area (Å²) >= 11 is 0. The molecule has 0 aromatic heterocycles. The topological polar surface area (TPSA) is 52.6 Å². The van der Waals surface area contributed by atoms with Gasteiger partial charge in [-0.25, -0.2) is 0 Å². The third kappa shape index (κ3) is 4.25. The quantitative estimate of drug-likeness (QED) is 0.391. The maximum Gasteiger partial charge on any atom is 0.308 e. The molecule has 0 saturated carbocycles. The molecule has 0 radical (unpaired) electrons. The van der Waals surface area contributed by atoms with Crippen LogP contribution in [0, 0.1) is 0 Å². The van der Waals surface area contributed by atoms with E-state index in [1.54, 1.807) is 6.08 Å². The van der Waals surface area contributed by atoms with Gasteiger partial charge in [0.2, 0.25) is 0 Å². The zero-order chi connectivity index (χ0) is 11.1. The Balaban J connectivity index is 2.23. The van der Waals surface area contributed by atoms with Crippen LogP contribution in [0.2, 0.25) is 0 Å². The van der Waals surface area contributed by atoms with Crippen LogP contribution >= 0.6 is 0 Å². The maximum absolute atomic E-state index is 11.0. The van der Waals surface area contributed by atoms with Crippen LogP contribution in [0.15, 0.2) is 12.2 Å². The van der Waals surface area contributed by atoms with Gasteiger partial charge in [-0.15, -0.1) is 0 Å². The average Bonchev–Trinajstić information content (AvgIpc) is 2.66. The van der Waals surface area contributed by atoms with Gasteiger partial charge in [-0.2, -0.15) is 0 Å². The molecule has 84 valence electrons. The summed E-state index contributed by atoms with van der Waals surface area (Å²) in [5, 5.41) is 0. The van der Waals surface area contributed by atoms with E-state index in [-0.39, 0.29) is 18.2 Å². The highest BCUT2D eigenvalue weighted by atomic mass is 16.5. The van der Waals surface area contributed by atoms with Gasteiger partial charge in [0.1, 0.15) is 6.29 Å². The molecule has 1 aliphatic rings. The summed E-state index contributed by atoms with van der Waals surface area (Å²) in [4.78, 5) is 21.0. The molecule has 0 N–H and O–H groups in total. The molecule has 4 heteroatoms. The molecule has 1 heterocycles. The first-order valence-corrected chi connectivity index (χ1v) is 5.09. The van der Waals surface area contributed by atoms with E-state index in [9.17, 15) is 9.59 Å². The fourth-order valence-corrected chi connectivity index (χ4v) is 1.66. The Kier molecular flexibility index (Phi) is 5.04. The van der Waals surface area contributed by atoms with Crippen LogP contribution in [0.3, 0.4) is 0 Å². The Labute approximate surface area is 89.2 Å². The van der Waals surface area contributed by atoms with Crippen molar-refractivity contribution in [3.63, 3.8) is 0 Å². The number of ether oxygens (including phenoxy) is 2. The Morgan fingerprint density at radius 3 is 2.87 bits per heavy atom. The molecule has 2 atom stereocenters. The van der Waals surface area contributed by atoms with Crippen molar-refractivity contribution >= 4 is 12.3 Å². The fourth-order valence-electron chi connectivity index (χ4n) is 1.66. The second-order valence-corrected chi connectivity index (χ2v) is 3.54. The lowest BCUT2D eigenvalue weighted by Gasteiger charge is -2.10. The van der Waals surface area contributed by atoms with Crippen molar-refractivity contribution in [1.29, 1.82) is 0 Å². The van der Waals surface area contributed by atoms with E-state index in [4.69, 9.17) is 4.74 Å². The van der Waals surface area contributed by atoms with Crippen LogP contribution in [0.4, 0.5) is 0 Å². The van der Waals surface area contributed by atoms with Gasteiger partial charge in [-0.05, 0) is 25.3 Å². The van der Waals surface area contributed by atoms with Crippen LogP contribution in [-0.4, -0.2) is 31.6 Å². The minimum Gasteiger partial charge on any atom is -0.469 e. The first-order chi connectivity index (χ1) is 7.26. The van der Waals surface area contributed by atoms with Crippen molar-refractivity contribution in [3.8, 4) is 0 Å². The van der Waals surface area contributed by atoms with Crippen molar-refractivity contribution < 1.29 is 19.1 Å². The predicted molar refractivity (Wildman–Crippen MR) is 54.3 cm³/mol. The van der Waals surface area contributed by atoms with E-state index in [0.29, 0.717) is 6.42 Å². The number of rotatable bonds is 5. The molecule has 0 bridgehead atoms. The first-order valence-electron chi connectivity index (χ1n) is 5.09. The third-order valence-corrected chi connectivity index (χ3v) is 2.43. The average molecular weight is 212 g/mol. The largest absolute Gasteiger partial charge is 0.469 e. The van der Waals surface area contributed by atoms with Crippen LogP contribution in [0.5, 0.6) is 0 Å². The summed E-state index contributed by atoms with van der Waals surface area (Å²) in [6, 6.07) is 0. The van der Waals surface area contributed by atoms with E-state index in [1.165, 1.54) is 13.2 Å². The normalized spacial score (nSPS) is 25.7. The van der Waals surface area contributed by atoms with Gasteiger partial charge < -0.3 is 9.47 Å². The van der Waals surface area contributed by atoms with Crippen LogP contribution < -0.4 is 0 Å². The van der Waals surface area contributed by atoms with E-state index in [1.807, 2.05) is 0 Å². The zero-order valence-electron chi connectivity index (χ0n) is 8.85. The molecule has 1 rings (SSSR count). The van der Waals surface area contributed by atoms with Crippen molar-refractivity contribution in [2.24, 2.45) is 0 Å². The highest BCUT2D eigenvalue weighted by Crippen LogP contribution is 2.24. The fraction of sp³-hybridized carbons (Fsp3) is 0.636. The lowest BCUT2D eigenvalue weighted by Crippen LogP contribution is -2.15. The minimum atomic E-state index is -0.232. The molecule has 1 aliphatic heterocycles. The molecule has 0 spiro atoms. The summed E-state index contributed by atoms with van der Waals surface area (Å²) < 4.78 is 10.2. The smallest absolute Gasteiger partial charge is 0.308 e. The molecule has 4 nitrogen and oxygen atoms in total. The van der Waals surface area contributed by atoms with E-state index in [2.05, 4.69) is 4.74 Å². The SMILES string of the molecule is COC(=O)C[C@@H]1CC[C@H](C/C=C/C=O)O1. The Morgan fingerprint density at radius 2 is 2.20 bits per heavy atom. The Bertz CT molecular complexity index is 247. The van der Waals surface area contributed by atoms with Crippen molar-refractivity contribution in [2.45, 2.75) is 37.9 Å². The van der Waals surface area contributed by atoms with Gasteiger partial charge in [0, 0.05) is 0 Å². The number of aldehydes is 1. The number of carbonyl (C=O) groups excluding carboxylic acids is 2. The van der Waals surface area contributed by atoms with Gasteiger partial charge in [0.05, 0.1) is 25.7 Å². The lowest BCUT2D eigenvalue weighted by atomic mass is 10.1. The summed E-state index contributed by atoms with van der Waals surface area (Å²) in [6.07, 6.45) is 7.00. The van der Waals surface area contributed by atoms with Gasteiger partial charge >= 0.3 is 5.97 Å². The summed E-state index contributed by atoms with van der Waals surface area (Å²) in [5.41, 5.74) is 0. The Hall–Kier alpha value is -1.16. The standard InChI is InChI=1S/C11H16O4/c1-14-11(13)8-10-6-5-9(15-10)4-2-3-7-12/h2-3,7,9-10H,4-6,8H2,1H3/b3-2+/t9-,10-/m0/s1. The molecule has 1 saturated heterocycles. The molecular formula is C11H16O4. The third-order valence-electron chi connectivity index (χ3n) is 2.43. The van der Waals surface area contributed by atoms with Gasteiger partial charge in [-0.3, -0.25) is 9.59 Å². The predicted octanol–water partition coefficient (Wildman–Crippen LogP) is 1.24.